The van der Waals surface area contributed by atoms with Crippen molar-refractivity contribution in [2.75, 3.05) is 0 Å². The molecule has 0 heterocycles. The van der Waals surface area contributed by atoms with E-state index in [9.17, 15) is 0 Å². The zero-order valence-electron chi connectivity index (χ0n) is 26.0. The summed E-state index contributed by atoms with van der Waals surface area (Å²) >= 11 is 0. The molecule has 0 spiro atoms. The molecule has 0 amide bonds. The van der Waals surface area contributed by atoms with E-state index < -0.39 is 0 Å². The second-order valence-corrected chi connectivity index (χ2v) is 12.4. The topological polar surface area (TPSA) is 0 Å². The van der Waals surface area contributed by atoms with Gasteiger partial charge in [-0.2, -0.15) is 0 Å². The van der Waals surface area contributed by atoms with Crippen molar-refractivity contribution in [3.05, 3.63) is 193 Å². The van der Waals surface area contributed by atoms with Crippen molar-refractivity contribution in [3.8, 4) is 33.4 Å². The number of hydrogen-bond donors (Lipinski definition) is 0. The summed E-state index contributed by atoms with van der Waals surface area (Å²) in [4.78, 5) is 0. The smallest absolute Gasteiger partial charge is 0.000728 e. The van der Waals surface area contributed by atoms with Crippen LogP contribution >= 0.6 is 0 Å². The van der Waals surface area contributed by atoms with Gasteiger partial charge in [-0.05, 0) is 106 Å². The molecule has 9 aromatic carbocycles. The van der Waals surface area contributed by atoms with Crippen LogP contribution in [0.15, 0.2) is 182 Å². The lowest BCUT2D eigenvalue weighted by molar-refractivity contribution is 1.23. The number of rotatable bonds is 5. The van der Waals surface area contributed by atoms with Crippen LogP contribution in [-0.2, 0) is 6.42 Å². The highest BCUT2D eigenvalue weighted by Crippen LogP contribution is 2.42. The molecular weight excluding hydrogens is 565 g/mol. The van der Waals surface area contributed by atoms with Gasteiger partial charge >= 0.3 is 0 Å². The quantitative estimate of drug-likeness (QED) is 0.173. The van der Waals surface area contributed by atoms with Crippen molar-refractivity contribution in [3.63, 3.8) is 0 Å². The largest absolute Gasteiger partial charge is 0.0622 e. The Morgan fingerprint density at radius 2 is 0.872 bits per heavy atom. The third-order valence-corrected chi connectivity index (χ3v) is 9.74. The highest BCUT2D eigenvalue weighted by Gasteiger charge is 2.17. The highest BCUT2D eigenvalue weighted by molar-refractivity contribution is 6.16. The average Bonchev–Trinajstić information content (AvgIpc) is 3.15. The minimum atomic E-state index is 0.857. The van der Waals surface area contributed by atoms with Gasteiger partial charge in [0.2, 0.25) is 0 Å². The van der Waals surface area contributed by atoms with Crippen LogP contribution in [0.1, 0.15) is 11.1 Å². The van der Waals surface area contributed by atoms with Crippen molar-refractivity contribution in [2.45, 2.75) is 6.42 Å². The molecule has 0 aliphatic heterocycles. The lowest BCUT2D eigenvalue weighted by Gasteiger charge is -2.19. The van der Waals surface area contributed by atoms with Gasteiger partial charge in [0.05, 0.1) is 0 Å². The number of benzene rings is 9. The van der Waals surface area contributed by atoms with Crippen LogP contribution < -0.4 is 0 Å². The van der Waals surface area contributed by atoms with Gasteiger partial charge in [-0.25, -0.2) is 0 Å². The Bertz CT molecular complexity index is 2530. The first-order chi connectivity index (χ1) is 23.3. The molecule has 220 valence electrons. The Balaban J connectivity index is 1.26. The molecule has 0 bridgehead atoms. The molecule has 0 N–H and O–H groups in total. The van der Waals surface area contributed by atoms with Gasteiger partial charge in [-0.3, -0.25) is 0 Å². The van der Waals surface area contributed by atoms with E-state index in [1.807, 2.05) is 0 Å². The van der Waals surface area contributed by atoms with Crippen molar-refractivity contribution in [1.29, 1.82) is 0 Å². The molecule has 0 radical (unpaired) electrons. The van der Waals surface area contributed by atoms with Crippen LogP contribution in [0.25, 0.3) is 76.5 Å². The zero-order valence-corrected chi connectivity index (χ0v) is 26.0. The molecule has 0 aliphatic carbocycles. The summed E-state index contributed by atoms with van der Waals surface area (Å²) in [6.45, 7) is 0. The van der Waals surface area contributed by atoms with Crippen molar-refractivity contribution < 1.29 is 0 Å². The van der Waals surface area contributed by atoms with Crippen molar-refractivity contribution in [2.24, 2.45) is 0 Å². The molecule has 0 unspecified atom stereocenters. The molecule has 0 fully saturated rings. The third kappa shape index (κ3) is 4.78. The third-order valence-electron chi connectivity index (χ3n) is 9.74. The molecule has 47 heavy (non-hydrogen) atoms. The van der Waals surface area contributed by atoms with Crippen LogP contribution in [0.5, 0.6) is 0 Å². The predicted octanol–water partition coefficient (Wildman–Crippen LogP) is 12.9. The summed E-state index contributed by atoms with van der Waals surface area (Å²) in [5.74, 6) is 0. The molecule has 9 rings (SSSR count). The zero-order chi connectivity index (χ0) is 31.2. The van der Waals surface area contributed by atoms with E-state index in [1.165, 1.54) is 87.6 Å². The molecule has 0 atom stereocenters. The second kappa shape index (κ2) is 11.4. The first kappa shape index (κ1) is 27.3. The van der Waals surface area contributed by atoms with E-state index in [1.54, 1.807) is 0 Å². The van der Waals surface area contributed by atoms with Gasteiger partial charge in [-0.1, -0.05) is 170 Å². The normalized spacial score (nSPS) is 11.5. The number of hydrogen-bond acceptors (Lipinski definition) is 0. The Morgan fingerprint density at radius 1 is 0.298 bits per heavy atom. The van der Waals surface area contributed by atoms with Crippen LogP contribution in [0, 0.1) is 0 Å². The monoisotopic (exact) mass is 596 g/mol. The lowest BCUT2D eigenvalue weighted by atomic mass is 9.84. The fourth-order valence-corrected chi connectivity index (χ4v) is 7.52. The predicted molar refractivity (Wildman–Crippen MR) is 202 cm³/mol. The maximum Gasteiger partial charge on any atom is -0.000728 e. The van der Waals surface area contributed by atoms with E-state index in [0.29, 0.717) is 0 Å². The van der Waals surface area contributed by atoms with Gasteiger partial charge in [0.15, 0.2) is 0 Å². The molecule has 0 aromatic heterocycles. The minimum Gasteiger partial charge on any atom is -0.0622 e. The summed E-state index contributed by atoms with van der Waals surface area (Å²) in [7, 11) is 0. The van der Waals surface area contributed by atoms with E-state index in [0.717, 1.165) is 6.42 Å². The van der Waals surface area contributed by atoms with E-state index in [-0.39, 0.29) is 0 Å². The Hall–Kier alpha value is -5.98. The van der Waals surface area contributed by atoms with Crippen LogP contribution in [0.3, 0.4) is 0 Å². The molecule has 9 aromatic rings. The van der Waals surface area contributed by atoms with Crippen molar-refractivity contribution in [1.82, 2.24) is 0 Å². The minimum absolute atomic E-state index is 0.857. The Morgan fingerprint density at radius 3 is 1.66 bits per heavy atom. The summed E-state index contributed by atoms with van der Waals surface area (Å²) in [6.07, 6.45) is 0.857. The fraction of sp³-hybridized carbons (Fsp3) is 0.0213. The van der Waals surface area contributed by atoms with E-state index >= 15 is 0 Å². The lowest BCUT2D eigenvalue weighted by Crippen LogP contribution is -1.97. The molecule has 0 heteroatoms. The second-order valence-electron chi connectivity index (χ2n) is 12.4. The Labute approximate surface area is 275 Å². The molecule has 0 nitrogen and oxygen atoms in total. The number of fused-ring (bicyclic) bond motifs is 4. The van der Waals surface area contributed by atoms with E-state index in [2.05, 4.69) is 182 Å². The summed E-state index contributed by atoms with van der Waals surface area (Å²) < 4.78 is 0. The fourth-order valence-electron chi connectivity index (χ4n) is 7.52. The maximum absolute atomic E-state index is 2.42. The van der Waals surface area contributed by atoms with Gasteiger partial charge in [0.25, 0.3) is 0 Å². The van der Waals surface area contributed by atoms with Crippen LogP contribution in [0.2, 0.25) is 0 Å². The maximum atomic E-state index is 2.42. The summed E-state index contributed by atoms with van der Waals surface area (Å²) in [5.41, 5.74) is 10.3. The standard InChI is InChI=1S/C47H32/c1-2-14-33(15-3-1)39-19-7-6-17-36(39)30-46-41-20-8-10-22-43(41)47(44-23-11-9-21-42(44)46)38-28-26-34-18-12-24-40(45(34)31-38)37-27-25-32-13-4-5-16-35(32)29-37/h1-29,31H,30H2. The Kier molecular flexibility index (Phi) is 6.65. The molecule has 0 saturated carbocycles. The molecule has 0 saturated heterocycles. The first-order valence-electron chi connectivity index (χ1n) is 16.4. The molecular formula is C47H32. The summed E-state index contributed by atoms with van der Waals surface area (Å²) in [5, 5.41) is 10.3. The van der Waals surface area contributed by atoms with Crippen molar-refractivity contribution >= 4 is 43.1 Å². The SMILES string of the molecule is c1ccc(-c2ccccc2Cc2c3ccccc3c(-c3ccc4cccc(-c5ccc6ccccc6c5)c4c3)c3ccccc23)cc1. The molecule has 0 aliphatic rings. The van der Waals surface area contributed by atoms with Gasteiger partial charge in [0, 0.05) is 0 Å². The average molecular weight is 597 g/mol. The van der Waals surface area contributed by atoms with Crippen LogP contribution in [0.4, 0.5) is 0 Å². The van der Waals surface area contributed by atoms with E-state index in [4.69, 9.17) is 0 Å². The van der Waals surface area contributed by atoms with Crippen LogP contribution in [-0.4, -0.2) is 0 Å². The highest BCUT2D eigenvalue weighted by atomic mass is 14.2. The summed E-state index contributed by atoms with van der Waals surface area (Å²) in [6, 6.07) is 66.7. The van der Waals surface area contributed by atoms with Gasteiger partial charge < -0.3 is 0 Å². The first-order valence-corrected chi connectivity index (χ1v) is 16.4. The van der Waals surface area contributed by atoms with Gasteiger partial charge in [-0.15, -0.1) is 0 Å². The van der Waals surface area contributed by atoms with Gasteiger partial charge in [0.1, 0.15) is 0 Å².